The topological polar surface area (TPSA) is 110 Å². The number of carbonyl (C=O) groups excluding carboxylic acids is 2. The number of hydrogen-bond acceptors (Lipinski definition) is 5. The minimum Gasteiger partial charge on any atom is -0.396 e. The van der Waals surface area contributed by atoms with E-state index in [1.165, 1.54) is 6.20 Å². The quantitative estimate of drug-likeness (QED) is 0.749. The van der Waals surface area contributed by atoms with E-state index in [4.69, 9.17) is 11.5 Å². The van der Waals surface area contributed by atoms with E-state index in [1.54, 1.807) is 9.58 Å². The van der Waals surface area contributed by atoms with Crippen molar-refractivity contribution in [2.24, 2.45) is 5.73 Å². The molecule has 0 aromatic carbocycles. The molecule has 1 aromatic rings. The van der Waals surface area contributed by atoms with Crippen LogP contribution in [0.3, 0.4) is 0 Å². The molecule has 2 rings (SSSR count). The van der Waals surface area contributed by atoms with Gasteiger partial charge in [-0.05, 0) is 13.3 Å². The Morgan fingerprint density at radius 3 is 2.71 bits per heavy atom. The molecule has 1 aromatic heterocycles. The number of anilines is 1. The van der Waals surface area contributed by atoms with Gasteiger partial charge < -0.3 is 16.4 Å². The van der Waals surface area contributed by atoms with E-state index in [0.29, 0.717) is 37.6 Å². The maximum Gasteiger partial charge on any atom is 0.274 e. The van der Waals surface area contributed by atoms with Crippen molar-refractivity contribution < 1.29 is 9.59 Å². The number of aryl methyl sites for hydroxylation is 1. The van der Waals surface area contributed by atoms with Gasteiger partial charge in [-0.15, -0.1) is 0 Å². The van der Waals surface area contributed by atoms with E-state index < -0.39 is 0 Å². The number of hydrogen-bond donors (Lipinski definition) is 2. The lowest BCUT2D eigenvalue weighted by atomic mass is 10.3. The van der Waals surface area contributed by atoms with Crippen molar-refractivity contribution >= 4 is 17.5 Å². The third-order valence-corrected chi connectivity index (χ3v) is 3.63. The van der Waals surface area contributed by atoms with Crippen molar-refractivity contribution in [1.82, 2.24) is 19.6 Å². The van der Waals surface area contributed by atoms with Crippen LogP contribution in [0.5, 0.6) is 0 Å². The van der Waals surface area contributed by atoms with Crippen molar-refractivity contribution in [3.8, 4) is 0 Å². The zero-order valence-corrected chi connectivity index (χ0v) is 12.3. The van der Waals surface area contributed by atoms with Crippen molar-refractivity contribution in [2.45, 2.75) is 19.9 Å². The molecular formula is C13H22N6O2. The molecule has 0 radical (unpaired) electrons. The Kier molecular flexibility index (Phi) is 4.79. The maximum absolute atomic E-state index is 12.6. The van der Waals surface area contributed by atoms with Crippen LogP contribution in [0.25, 0.3) is 0 Å². The van der Waals surface area contributed by atoms with Gasteiger partial charge in [-0.3, -0.25) is 19.2 Å². The Hall–Kier alpha value is -2.09. The second-order valence-corrected chi connectivity index (χ2v) is 5.15. The Balaban J connectivity index is 2.06. The van der Waals surface area contributed by atoms with E-state index in [0.717, 1.165) is 13.0 Å². The number of aromatic nitrogens is 2. The zero-order valence-electron chi connectivity index (χ0n) is 12.3. The first-order valence-corrected chi connectivity index (χ1v) is 7.14. The maximum atomic E-state index is 12.6. The zero-order chi connectivity index (χ0) is 15.4. The Morgan fingerprint density at radius 2 is 2.05 bits per heavy atom. The van der Waals surface area contributed by atoms with Gasteiger partial charge in [0.2, 0.25) is 5.91 Å². The van der Waals surface area contributed by atoms with Gasteiger partial charge >= 0.3 is 0 Å². The second-order valence-electron chi connectivity index (χ2n) is 5.15. The summed E-state index contributed by atoms with van der Waals surface area (Å²) in [5.74, 6) is -0.448. The second kappa shape index (κ2) is 6.57. The summed E-state index contributed by atoms with van der Waals surface area (Å²) in [6, 6.07) is 0. The van der Waals surface area contributed by atoms with Crippen molar-refractivity contribution in [3.63, 3.8) is 0 Å². The molecular weight excluding hydrogens is 272 g/mol. The number of primary amides is 1. The molecule has 0 atom stereocenters. The third-order valence-electron chi connectivity index (χ3n) is 3.63. The average Bonchev–Trinajstić information content (AvgIpc) is 2.66. The fraction of sp³-hybridized carbons (Fsp3) is 0.615. The smallest absolute Gasteiger partial charge is 0.274 e. The number of nitrogens with zero attached hydrogens (tertiary/aromatic N) is 4. The summed E-state index contributed by atoms with van der Waals surface area (Å²) in [6.45, 7) is 5.34. The SMILES string of the molecule is CCn1ncc(N)c1C(=O)N1CCCN(CC(N)=O)CC1. The molecule has 21 heavy (non-hydrogen) atoms. The average molecular weight is 294 g/mol. The first-order chi connectivity index (χ1) is 10.0. The summed E-state index contributed by atoms with van der Waals surface area (Å²) < 4.78 is 1.61. The number of amides is 2. The van der Waals surface area contributed by atoms with Gasteiger partial charge in [-0.25, -0.2) is 0 Å². The van der Waals surface area contributed by atoms with Crippen LogP contribution in [-0.2, 0) is 11.3 Å². The highest BCUT2D eigenvalue weighted by Gasteiger charge is 2.25. The van der Waals surface area contributed by atoms with Crippen molar-refractivity contribution in [2.75, 3.05) is 38.5 Å². The summed E-state index contributed by atoms with van der Waals surface area (Å²) in [7, 11) is 0. The van der Waals surface area contributed by atoms with Crippen molar-refractivity contribution in [3.05, 3.63) is 11.9 Å². The first kappa shape index (κ1) is 15.3. The van der Waals surface area contributed by atoms with E-state index in [1.807, 2.05) is 11.8 Å². The van der Waals surface area contributed by atoms with Crippen LogP contribution in [0.4, 0.5) is 5.69 Å². The molecule has 0 unspecified atom stereocenters. The number of nitrogens with two attached hydrogens (primary N) is 2. The number of rotatable bonds is 4. The predicted octanol–water partition coefficient (Wildman–Crippen LogP) is -0.882. The minimum atomic E-state index is -0.344. The lowest BCUT2D eigenvalue weighted by molar-refractivity contribution is -0.119. The van der Waals surface area contributed by atoms with E-state index in [-0.39, 0.29) is 18.4 Å². The molecule has 1 fully saturated rings. The van der Waals surface area contributed by atoms with Crippen LogP contribution in [0.2, 0.25) is 0 Å². The summed E-state index contributed by atoms with van der Waals surface area (Å²) >= 11 is 0. The van der Waals surface area contributed by atoms with Crippen LogP contribution in [0, 0.1) is 0 Å². The van der Waals surface area contributed by atoms with Crippen molar-refractivity contribution in [1.29, 1.82) is 0 Å². The molecule has 116 valence electrons. The van der Waals surface area contributed by atoms with Crippen LogP contribution >= 0.6 is 0 Å². The Bertz CT molecular complexity index is 527. The molecule has 0 aliphatic carbocycles. The monoisotopic (exact) mass is 294 g/mol. The summed E-state index contributed by atoms with van der Waals surface area (Å²) in [6.07, 6.45) is 2.31. The minimum absolute atomic E-state index is 0.104. The van der Waals surface area contributed by atoms with Gasteiger partial charge in [0.1, 0.15) is 5.69 Å². The molecule has 0 spiro atoms. The number of nitrogen functional groups attached to an aromatic ring is 1. The molecule has 8 heteroatoms. The van der Waals surface area contributed by atoms with Gasteiger partial charge in [-0.1, -0.05) is 0 Å². The number of carbonyl (C=O) groups is 2. The Morgan fingerprint density at radius 1 is 1.29 bits per heavy atom. The molecule has 2 amide bonds. The highest BCUT2D eigenvalue weighted by atomic mass is 16.2. The highest BCUT2D eigenvalue weighted by molar-refractivity contribution is 5.97. The van der Waals surface area contributed by atoms with Gasteiger partial charge in [0.25, 0.3) is 5.91 Å². The molecule has 2 heterocycles. The lowest BCUT2D eigenvalue weighted by Crippen LogP contribution is -2.38. The van der Waals surface area contributed by atoms with E-state index in [9.17, 15) is 9.59 Å². The summed E-state index contributed by atoms with van der Waals surface area (Å²) in [5, 5.41) is 4.10. The van der Waals surface area contributed by atoms with Gasteiger partial charge in [0.05, 0.1) is 18.4 Å². The largest absolute Gasteiger partial charge is 0.396 e. The van der Waals surface area contributed by atoms with Gasteiger partial charge in [0, 0.05) is 32.7 Å². The highest BCUT2D eigenvalue weighted by Crippen LogP contribution is 2.15. The molecule has 1 saturated heterocycles. The summed E-state index contributed by atoms with van der Waals surface area (Å²) in [5.41, 5.74) is 11.9. The lowest BCUT2D eigenvalue weighted by Gasteiger charge is -2.21. The van der Waals surface area contributed by atoms with Gasteiger partial charge in [-0.2, -0.15) is 5.10 Å². The van der Waals surface area contributed by atoms with Crippen LogP contribution in [0.1, 0.15) is 23.8 Å². The predicted molar refractivity (Wildman–Crippen MR) is 78.5 cm³/mol. The molecule has 4 N–H and O–H groups in total. The normalized spacial score (nSPS) is 16.7. The first-order valence-electron chi connectivity index (χ1n) is 7.14. The van der Waals surface area contributed by atoms with E-state index >= 15 is 0 Å². The fourth-order valence-electron chi connectivity index (χ4n) is 2.58. The van der Waals surface area contributed by atoms with Crippen LogP contribution in [0.15, 0.2) is 6.20 Å². The Labute approximate surface area is 123 Å². The fourth-order valence-corrected chi connectivity index (χ4v) is 2.58. The van der Waals surface area contributed by atoms with Gasteiger partial charge in [0.15, 0.2) is 0 Å². The van der Waals surface area contributed by atoms with Crippen LogP contribution in [-0.4, -0.2) is 64.1 Å². The third kappa shape index (κ3) is 3.52. The molecule has 1 aliphatic heterocycles. The standard InChI is InChI=1S/C13H22N6O2/c1-2-19-12(10(14)8-16-19)13(21)18-5-3-4-17(6-7-18)9-11(15)20/h8H,2-7,9,14H2,1H3,(H2,15,20). The molecule has 8 nitrogen and oxygen atoms in total. The molecule has 1 aliphatic rings. The summed E-state index contributed by atoms with van der Waals surface area (Å²) in [4.78, 5) is 27.3. The molecule has 0 saturated carbocycles. The van der Waals surface area contributed by atoms with Crippen LogP contribution < -0.4 is 11.5 Å². The van der Waals surface area contributed by atoms with E-state index in [2.05, 4.69) is 5.10 Å². The molecule has 0 bridgehead atoms.